The van der Waals surface area contributed by atoms with Gasteiger partial charge in [0, 0.05) is 6.08 Å². The number of azo groups is 1. The minimum Gasteiger partial charge on any atom is -0.488 e. The topological polar surface area (TPSA) is 114 Å². The number of carbonyl (C=O) groups is 1. The molecule has 0 aromatic rings. The van der Waals surface area contributed by atoms with E-state index in [0.717, 1.165) is 12.3 Å². The van der Waals surface area contributed by atoms with Crippen molar-refractivity contribution < 1.29 is 19.6 Å². The molecule has 0 saturated carbocycles. The predicted octanol–water partition coefficient (Wildman–Crippen LogP) is 1.15. The van der Waals surface area contributed by atoms with E-state index in [1.165, 1.54) is 0 Å². The molecule has 0 unspecified atom stereocenters. The van der Waals surface area contributed by atoms with Gasteiger partial charge in [0.25, 0.3) is 5.70 Å². The highest BCUT2D eigenvalue weighted by molar-refractivity contribution is 5.64. The van der Waals surface area contributed by atoms with Crippen LogP contribution in [-0.4, -0.2) is 22.7 Å². The van der Waals surface area contributed by atoms with Gasteiger partial charge in [-0.25, -0.2) is 4.79 Å². The Morgan fingerprint density at radius 3 is 3.00 bits per heavy atom. The molecule has 0 fully saturated rings. The summed E-state index contributed by atoms with van der Waals surface area (Å²) in [6.45, 7) is -0.168. The number of ether oxygens (including phenoxy) is 1. The number of allylic oxidation sites excluding steroid dienone is 1. The molecule has 0 radical (unpaired) electrons. The van der Waals surface area contributed by atoms with Gasteiger partial charge in [-0.15, -0.1) is 5.11 Å². The van der Waals surface area contributed by atoms with Crippen LogP contribution in [0.4, 0.5) is 4.79 Å². The summed E-state index contributed by atoms with van der Waals surface area (Å²) in [4.78, 5) is 19.6. The Bertz CT molecular complexity index is 356. The van der Waals surface area contributed by atoms with Crippen LogP contribution in [0.1, 0.15) is 0 Å². The van der Waals surface area contributed by atoms with Crippen LogP contribution >= 0.6 is 0 Å². The molecule has 14 heavy (non-hydrogen) atoms. The van der Waals surface area contributed by atoms with Crippen molar-refractivity contribution in [3.05, 3.63) is 33.8 Å². The minimum absolute atomic E-state index is 0.00894. The summed E-state index contributed by atoms with van der Waals surface area (Å²) in [6.07, 6.45) is 0.711. The third kappa shape index (κ3) is 2.66. The number of rotatable bonds is 2. The molecule has 1 aliphatic rings. The average molecular weight is 199 g/mol. The molecular formula is C6H5N3O5. The Labute approximate surface area is 77.3 Å². The van der Waals surface area contributed by atoms with Crippen molar-refractivity contribution in [3.63, 3.8) is 0 Å². The van der Waals surface area contributed by atoms with Crippen molar-refractivity contribution in [2.75, 3.05) is 6.61 Å². The van der Waals surface area contributed by atoms with Crippen LogP contribution in [0.3, 0.4) is 0 Å². The van der Waals surface area contributed by atoms with Gasteiger partial charge in [-0.1, -0.05) is 5.11 Å². The second kappa shape index (κ2) is 4.12. The molecule has 74 valence electrons. The summed E-state index contributed by atoms with van der Waals surface area (Å²) in [5, 5.41) is 24.4. The van der Waals surface area contributed by atoms with Gasteiger partial charge >= 0.3 is 6.09 Å². The normalized spacial score (nSPS) is 15.7. The predicted molar refractivity (Wildman–Crippen MR) is 42.0 cm³/mol. The largest absolute Gasteiger partial charge is 0.488 e. The van der Waals surface area contributed by atoms with Gasteiger partial charge in [-0.2, -0.15) is 0 Å². The zero-order valence-electron chi connectivity index (χ0n) is 6.78. The van der Waals surface area contributed by atoms with Gasteiger partial charge in [0.1, 0.15) is 12.0 Å². The second-order valence-electron chi connectivity index (χ2n) is 2.23. The Hall–Kier alpha value is -2.25. The molecule has 0 saturated heterocycles. The Morgan fingerprint density at radius 1 is 1.71 bits per heavy atom. The van der Waals surface area contributed by atoms with Crippen LogP contribution in [0.15, 0.2) is 34.0 Å². The van der Waals surface area contributed by atoms with Gasteiger partial charge in [0.05, 0.1) is 4.92 Å². The molecule has 1 amide bonds. The van der Waals surface area contributed by atoms with E-state index in [9.17, 15) is 14.9 Å². The maximum Gasteiger partial charge on any atom is 0.449 e. The fourth-order valence-electron chi connectivity index (χ4n) is 0.717. The van der Waals surface area contributed by atoms with Crippen molar-refractivity contribution in [1.82, 2.24) is 0 Å². The maximum absolute atomic E-state index is 10.3. The first-order valence-electron chi connectivity index (χ1n) is 3.41. The number of hydrogen-bond acceptors (Lipinski definition) is 5. The number of carboxylic acid groups (broad SMARTS) is 1. The summed E-state index contributed by atoms with van der Waals surface area (Å²) in [6, 6.07) is 0. The highest BCUT2D eigenvalue weighted by atomic mass is 16.6. The lowest BCUT2D eigenvalue weighted by molar-refractivity contribution is -0.430. The van der Waals surface area contributed by atoms with Crippen LogP contribution in [-0.2, 0) is 4.74 Å². The Balaban J connectivity index is 2.77. The van der Waals surface area contributed by atoms with E-state index in [0.29, 0.717) is 0 Å². The Morgan fingerprint density at radius 2 is 2.43 bits per heavy atom. The van der Waals surface area contributed by atoms with E-state index in [1.54, 1.807) is 0 Å². The molecule has 0 aromatic carbocycles. The van der Waals surface area contributed by atoms with Gasteiger partial charge < -0.3 is 9.84 Å². The smallest absolute Gasteiger partial charge is 0.449 e. The van der Waals surface area contributed by atoms with E-state index in [4.69, 9.17) is 5.11 Å². The zero-order chi connectivity index (χ0) is 10.6. The average Bonchev–Trinajstić information content (AvgIpc) is 2.15. The third-order valence-corrected chi connectivity index (χ3v) is 1.24. The maximum atomic E-state index is 10.3. The zero-order valence-corrected chi connectivity index (χ0v) is 6.78. The van der Waals surface area contributed by atoms with Crippen molar-refractivity contribution in [2.24, 2.45) is 10.2 Å². The van der Waals surface area contributed by atoms with Gasteiger partial charge in [-0.3, -0.25) is 10.1 Å². The summed E-state index contributed by atoms with van der Waals surface area (Å²) in [7, 11) is 0. The highest BCUT2D eigenvalue weighted by Gasteiger charge is 2.16. The molecule has 1 heterocycles. The SMILES string of the molecule is O=C(O)N=NC1=COCC([N+](=O)[O-])=C1. The summed E-state index contributed by atoms with van der Waals surface area (Å²) >= 11 is 0. The third-order valence-electron chi connectivity index (χ3n) is 1.24. The lowest BCUT2D eigenvalue weighted by Crippen LogP contribution is -2.08. The molecule has 0 bridgehead atoms. The van der Waals surface area contributed by atoms with Gasteiger partial charge in [-0.05, 0) is 0 Å². The van der Waals surface area contributed by atoms with E-state index < -0.39 is 11.0 Å². The van der Waals surface area contributed by atoms with Crippen molar-refractivity contribution in [2.45, 2.75) is 0 Å². The van der Waals surface area contributed by atoms with E-state index in [1.807, 2.05) is 0 Å². The molecule has 0 spiro atoms. The first-order chi connectivity index (χ1) is 6.59. The van der Waals surface area contributed by atoms with Crippen molar-refractivity contribution >= 4 is 6.09 Å². The standard InChI is InChI=1S/C6H5N3O5/c10-6(11)8-7-4-1-5(9(12)13)3-14-2-4/h1-2H,3H2,(H,10,11). The molecule has 1 aliphatic heterocycles. The number of nitrogens with zero attached hydrogens (tertiary/aromatic N) is 3. The van der Waals surface area contributed by atoms with Crippen molar-refractivity contribution in [1.29, 1.82) is 0 Å². The molecule has 0 atom stereocenters. The molecule has 0 aliphatic carbocycles. The van der Waals surface area contributed by atoms with Crippen LogP contribution < -0.4 is 0 Å². The van der Waals surface area contributed by atoms with E-state index in [2.05, 4.69) is 15.0 Å². The summed E-state index contributed by atoms with van der Waals surface area (Å²) < 4.78 is 4.67. The van der Waals surface area contributed by atoms with Crippen molar-refractivity contribution in [3.8, 4) is 0 Å². The molecule has 8 nitrogen and oxygen atoms in total. The molecule has 1 N–H and O–H groups in total. The second-order valence-corrected chi connectivity index (χ2v) is 2.23. The quantitative estimate of drug-likeness (QED) is 0.407. The van der Waals surface area contributed by atoms with Gasteiger partial charge in [0.2, 0.25) is 0 Å². The number of amides is 1. The minimum atomic E-state index is -1.48. The first-order valence-corrected chi connectivity index (χ1v) is 3.41. The lowest BCUT2D eigenvalue weighted by atomic mass is 10.3. The van der Waals surface area contributed by atoms with Gasteiger partial charge in [0.15, 0.2) is 6.61 Å². The Kier molecular flexibility index (Phi) is 2.89. The molecule has 0 aromatic heterocycles. The van der Waals surface area contributed by atoms with Crippen LogP contribution in [0.25, 0.3) is 0 Å². The number of hydrogen-bond donors (Lipinski definition) is 1. The van der Waals surface area contributed by atoms with E-state index >= 15 is 0 Å². The monoisotopic (exact) mass is 199 g/mol. The summed E-state index contributed by atoms with van der Waals surface area (Å²) in [5.74, 6) is 0. The number of nitro groups is 1. The fraction of sp³-hybridized carbons (Fsp3) is 0.167. The first kappa shape index (κ1) is 9.84. The molecule has 8 heteroatoms. The molecule has 1 rings (SSSR count). The van der Waals surface area contributed by atoms with E-state index in [-0.39, 0.29) is 18.0 Å². The fourth-order valence-corrected chi connectivity index (χ4v) is 0.717. The molecular weight excluding hydrogens is 194 g/mol. The van der Waals surface area contributed by atoms with Crippen LogP contribution in [0.2, 0.25) is 0 Å². The highest BCUT2D eigenvalue weighted by Crippen LogP contribution is 2.12. The van der Waals surface area contributed by atoms with Crippen LogP contribution in [0.5, 0.6) is 0 Å². The van der Waals surface area contributed by atoms with Crippen LogP contribution in [0, 0.1) is 10.1 Å². The lowest BCUT2D eigenvalue weighted by Gasteiger charge is -2.04. The summed E-state index contributed by atoms with van der Waals surface area (Å²) in [5.41, 5.74) is -0.211.